The molecule has 2 N–H and O–H groups in total. The molecule has 0 bridgehead atoms. The van der Waals surface area contributed by atoms with Crippen molar-refractivity contribution in [2.75, 3.05) is 19.0 Å². The van der Waals surface area contributed by atoms with E-state index < -0.39 is 12.6 Å². The zero-order chi connectivity index (χ0) is 27.6. The van der Waals surface area contributed by atoms with Crippen molar-refractivity contribution in [3.8, 4) is 11.5 Å². The van der Waals surface area contributed by atoms with Crippen LogP contribution in [0.1, 0.15) is 51.8 Å². The average Bonchev–Trinajstić information content (AvgIpc) is 3.26. The van der Waals surface area contributed by atoms with E-state index >= 15 is 0 Å². The third-order valence-corrected chi connectivity index (χ3v) is 6.86. The zero-order valence-corrected chi connectivity index (χ0v) is 23.8. The molecule has 0 fully saturated rings. The van der Waals surface area contributed by atoms with Crippen molar-refractivity contribution in [2.24, 2.45) is 0 Å². The number of aliphatic carboxylic acids is 1. The lowest BCUT2D eigenvalue weighted by Crippen LogP contribution is -2.12. The number of carboxylic acids is 1. The summed E-state index contributed by atoms with van der Waals surface area (Å²) in [5.74, 6) is -0.384. The van der Waals surface area contributed by atoms with Gasteiger partial charge in [0.25, 0.3) is 5.91 Å². The van der Waals surface area contributed by atoms with Crippen molar-refractivity contribution in [2.45, 2.75) is 19.8 Å². The molecule has 0 saturated carbocycles. The van der Waals surface area contributed by atoms with Crippen LogP contribution in [0.3, 0.4) is 0 Å². The second-order valence-corrected chi connectivity index (χ2v) is 10.4. The Morgan fingerprint density at radius 2 is 1.63 bits per heavy atom. The quantitative estimate of drug-likeness (QED) is 0.188. The van der Waals surface area contributed by atoms with E-state index in [0.29, 0.717) is 53.8 Å². The second kappa shape index (κ2) is 11.4. The van der Waals surface area contributed by atoms with Gasteiger partial charge in [-0.25, -0.2) is 4.79 Å². The normalized spacial score (nSPS) is 11.0. The van der Waals surface area contributed by atoms with E-state index in [0.717, 1.165) is 0 Å². The van der Waals surface area contributed by atoms with Crippen LogP contribution in [0, 0.1) is 0 Å². The number of hydrogen-bond acceptors (Lipinski definition) is 6. The number of nitrogens with one attached hydrogen (secondary N) is 1. The molecular formula is C28H23Br2NO7. The maximum Gasteiger partial charge on any atom is 0.341 e. The number of amides is 1. The number of benzene rings is 3. The number of furan rings is 1. The number of fused-ring (bicyclic) bond motifs is 1. The number of ether oxygens (including phenoxy) is 2. The number of hydrogen-bond donors (Lipinski definition) is 2. The fourth-order valence-electron chi connectivity index (χ4n) is 3.89. The van der Waals surface area contributed by atoms with Crippen molar-refractivity contribution in [1.29, 1.82) is 0 Å². The number of rotatable bonds is 9. The average molecular weight is 645 g/mol. The van der Waals surface area contributed by atoms with Crippen LogP contribution in [-0.4, -0.2) is 36.5 Å². The number of methoxy groups -OCH3 is 1. The summed E-state index contributed by atoms with van der Waals surface area (Å²) in [7, 11) is 1.55. The minimum absolute atomic E-state index is 0.0938. The number of ketones is 1. The third-order valence-electron chi connectivity index (χ3n) is 5.68. The van der Waals surface area contributed by atoms with Gasteiger partial charge in [-0.3, -0.25) is 9.59 Å². The number of halogens is 2. The topological polar surface area (TPSA) is 115 Å². The van der Waals surface area contributed by atoms with Crippen molar-refractivity contribution in [3.63, 3.8) is 0 Å². The molecule has 3 aromatic carbocycles. The second-order valence-electron chi connectivity index (χ2n) is 8.67. The van der Waals surface area contributed by atoms with E-state index in [1.54, 1.807) is 61.7 Å². The first kappa shape index (κ1) is 27.4. The van der Waals surface area contributed by atoms with Gasteiger partial charge in [0, 0.05) is 28.1 Å². The highest BCUT2D eigenvalue weighted by Crippen LogP contribution is 2.38. The molecule has 1 amide bonds. The Balaban J connectivity index is 1.71. The van der Waals surface area contributed by atoms with Gasteiger partial charge in [-0.1, -0.05) is 13.8 Å². The third kappa shape index (κ3) is 5.76. The molecule has 4 aromatic rings. The summed E-state index contributed by atoms with van der Waals surface area (Å²) in [4.78, 5) is 37.5. The van der Waals surface area contributed by atoms with Crippen LogP contribution >= 0.6 is 31.9 Å². The maximum atomic E-state index is 13.8. The lowest BCUT2D eigenvalue weighted by atomic mass is 9.96. The molecule has 10 heteroatoms. The lowest BCUT2D eigenvalue weighted by molar-refractivity contribution is -0.139. The van der Waals surface area contributed by atoms with Crippen LogP contribution in [0.5, 0.6) is 11.5 Å². The fraction of sp³-hybridized carbons (Fsp3) is 0.179. The van der Waals surface area contributed by atoms with Gasteiger partial charge in [-0.2, -0.15) is 0 Å². The van der Waals surface area contributed by atoms with Crippen LogP contribution in [-0.2, 0) is 4.79 Å². The summed E-state index contributed by atoms with van der Waals surface area (Å²) in [6.45, 7) is 3.32. The van der Waals surface area contributed by atoms with Crippen molar-refractivity contribution < 1.29 is 33.4 Å². The van der Waals surface area contributed by atoms with Crippen LogP contribution in [0.15, 0.2) is 68.0 Å². The molecular weight excluding hydrogens is 622 g/mol. The Labute approximate surface area is 235 Å². The molecule has 4 rings (SSSR count). The maximum absolute atomic E-state index is 13.8. The van der Waals surface area contributed by atoms with E-state index in [-0.39, 0.29) is 23.4 Å². The van der Waals surface area contributed by atoms with Gasteiger partial charge >= 0.3 is 5.97 Å². The van der Waals surface area contributed by atoms with Gasteiger partial charge < -0.3 is 24.3 Å². The zero-order valence-electron chi connectivity index (χ0n) is 20.6. The van der Waals surface area contributed by atoms with Crippen LogP contribution < -0.4 is 14.8 Å². The molecule has 0 spiro atoms. The van der Waals surface area contributed by atoms with Crippen molar-refractivity contribution in [3.05, 3.63) is 86.0 Å². The standard InChI is InChI=1S/C28H23Br2NO7/c1-14(2)26-24(25(34)16-10-20(29)27(21(30)11-16)37-13-23(32)33)19-12-17(6-9-22(19)38-26)31-28(35)15-4-7-18(36-3)8-5-15/h4-12,14H,13H2,1-3H3,(H,31,35)(H,32,33). The molecule has 1 aromatic heterocycles. The monoisotopic (exact) mass is 643 g/mol. The van der Waals surface area contributed by atoms with Gasteiger partial charge in [0.2, 0.25) is 0 Å². The molecule has 0 aliphatic rings. The molecule has 0 aliphatic carbocycles. The Bertz CT molecular complexity index is 1520. The van der Waals surface area contributed by atoms with E-state index in [1.807, 2.05) is 13.8 Å². The molecule has 8 nitrogen and oxygen atoms in total. The minimum Gasteiger partial charge on any atom is -0.497 e. The largest absolute Gasteiger partial charge is 0.497 e. The molecule has 0 saturated heterocycles. The van der Waals surface area contributed by atoms with Crippen LogP contribution in [0.4, 0.5) is 5.69 Å². The summed E-state index contributed by atoms with van der Waals surface area (Å²) in [6.07, 6.45) is 0. The van der Waals surface area contributed by atoms with Gasteiger partial charge in [0.1, 0.15) is 22.8 Å². The Kier molecular flexibility index (Phi) is 8.23. The molecule has 0 aliphatic heterocycles. The smallest absolute Gasteiger partial charge is 0.341 e. The minimum atomic E-state index is -1.12. The Morgan fingerprint density at radius 1 is 0.974 bits per heavy atom. The predicted octanol–water partition coefficient (Wildman–Crippen LogP) is 7.04. The molecule has 196 valence electrons. The summed E-state index contributed by atoms with van der Waals surface area (Å²) in [5, 5.41) is 12.3. The Hall–Kier alpha value is -3.63. The van der Waals surface area contributed by atoms with E-state index in [1.165, 1.54) is 0 Å². The first-order valence-electron chi connectivity index (χ1n) is 11.5. The predicted molar refractivity (Wildman–Crippen MR) is 150 cm³/mol. The summed E-state index contributed by atoms with van der Waals surface area (Å²) in [5.41, 5.74) is 2.19. The van der Waals surface area contributed by atoms with Crippen molar-refractivity contribution in [1.82, 2.24) is 0 Å². The van der Waals surface area contributed by atoms with Gasteiger partial charge in [-0.15, -0.1) is 0 Å². The first-order chi connectivity index (χ1) is 18.1. The lowest BCUT2D eigenvalue weighted by Gasteiger charge is -2.11. The molecule has 1 heterocycles. The SMILES string of the molecule is COc1ccc(C(=O)Nc2ccc3oc(C(C)C)c(C(=O)c4cc(Br)c(OCC(=O)O)c(Br)c4)c3c2)cc1. The number of carboxylic acid groups (broad SMARTS) is 1. The summed E-state index contributed by atoms with van der Waals surface area (Å²) < 4.78 is 17.4. The molecule has 0 atom stereocenters. The summed E-state index contributed by atoms with van der Waals surface area (Å²) >= 11 is 6.74. The van der Waals surface area contributed by atoms with Gasteiger partial charge in [0.15, 0.2) is 12.4 Å². The highest BCUT2D eigenvalue weighted by Gasteiger charge is 2.26. The molecule has 0 unspecified atom stereocenters. The van der Waals surface area contributed by atoms with Gasteiger partial charge in [0.05, 0.1) is 21.6 Å². The van der Waals surface area contributed by atoms with Gasteiger partial charge in [-0.05, 0) is 86.5 Å². The fourth-order valence-corrected chi connectivity index (χ4v) is 5.30. The van der Waals surface area contributed by atoms with Crippen LogP contribution in [0.25, 0.3) is 11.0 Å². The first-order valence-corrected chi connectivity index (χ1v) is 13.1. The molecule has 38 heavy (non-hydrogen) atoms. The highest BCUT2D eigenvalue weighted by molar-refractivity contribution is 9.11. The number of carbonyl (C=O) groups excluding carboxylic acids is 2. The van der Waals surface area contributed by atoms with Crippen molar-refractivity contribution >= 4 is 66.2 Å². The number of anilines is 1. The summed E-state index contributed by atoms with van der Waals surface area (Å²) in [6, 6.07) is 15.0. The highest BCUT2D eigenvalue weighted by atomic mass is 79.9. The van der Waals surface area contributed by atoms with Crippen LogP contribution in [0.2, 0.25) is 0 Å². The van der Waals surface area contributed by atoms with E-state index in [2.05, 4.69) is 37.2 Å². The van der Waals surface area contributed by atoms with E-state index in [4.69, 9.17) is 19.0 Å². The Morgan fingerprint density at radius 3 is 2.21 bits per heavy atom. The van der Waals surface area contributed by atoms with E-state index in [9.17, 15) is 14.4 Å². The number of carbonyl (C=O) groups is 3. The molecule has 0 radical (unpaired) electrons.